The molecular formula is C19H15NS. The van der Waals surface area contributed by atoms with E-state index in [2.05, 4.69) is 58.9 Å². The Bertz CT molecular complexity index is 665. The smallest absolute Gasteiger partial charge is 0.100 e. The minimum Gasteiger partial charge on any atom is -0.250 e. The molecular weight excluding hydrogens is 274 g/mol. The van der Waals surface area contributed by atoms with Gasteiger partial charge in [0.25, 0.3) is 0 Å². The highest BCUT2D eigenvalue weighted by molar-refractivity contribution is 8.02. The second-order valence-corrected chi connectivity index (χ2v) is 5.44. The van der Waals surface area contributed by atoms with E-state index in [4.69, 9.17) is 0 Å². The number of thioether (sulfide) groups is 1. The van der Waals surface area contributed by atoms with Crippen LogP contribution in [0, 0.1) is 0 Å². The van der Waals surface area contributed by atoms with Crippen LogP contribution in [0.5, 0.6) is 0 Å². The quantitative estimate of drug-likeness (QED) is 0.607. The van der Waals surface area contributed by atoms with Crippen molar-refractivity contribution in [2.45, 2.75) is 5.03 Å². The molecule has 0 spiro atoms. The van der Waals surface area contributed by atoms with E-state index in [1.54, 1.807) is 11.8 Å². The van der Waals surface area contributed by atoms with Crippen molar-refractivity contribution in [3.05, 3.63) is 102 Å². The molecule has 0 aliphatic heterocycles. The third kappa shape index (κ3) is 3.61. The topological polar surface area (TPSA) is 12.9 Å². The molecule has 3 aromatic rings. The van der Waals surface area contributed by atoms with E-state index in [1.807, 2.05) is 36.5 Å². The fraction of sp³-hybridized carbons (Fsp3) is 0. The highest BCUT2D eigenvalue weighted by atomic mass is 32.2. The van der Waals surface area contributed by atoms with Crippen molar-refractivity contribution in [3.63, 3.8) is 0 Å². The molecule has 3 rings (SSSR count). The van der Waals surface area contributed by atoms with Gasteiger partial charge in [0.1, 0.15) is 5.03 Å². The maximum absolute atomic E-state index is 4.36. The Kier molecular flexibility index (Phi) is 4.49. The van der Waals surface area contributed by atoms with Gasteiger partial charge in [-0.3, -0.25) is 0 Å². The molecule has 0 radical (unpaired) electrons. The summed E-state index contributed by atoms with van der Waals surface area (Å²) in [4.78, 5) is 4.36. The van der Waals surface area contributed by atoms with E-state index < -0.39 is 0 Å². The van der Waals surface area contributed by atoms with Gasteiger partial charge < -0.3 is 0 Å². The molecule has 0 N–H and O–H groups in total. The Hall–Kier alpha value is -2.32. The number of hydrogen-bond acceptors (Lipinski definition) is 2. The maximum Gasteiger partial charge on any atom is 0.100 e. The first kappa shape index (κ1) is 13.7. The lowest BCUT2D eigenvalue weighted by Crippen LogP contribution is -1.87. The van der Waals surface area contributed by atoms with Crippen LogP contribution in [0.4, 0.5) is 0 Å². The first-order valence-corrected chi connectivity index (χ1v) is 7.70. The fourth-order valence-corrected chi connectivity index (χ4v) is 2.86. The lowest BCUT2D eigenvalue weighted by molar-refractivity contribution is 1.14. The summed E-state index contributed by atoms with van der Waals surface area (Å²) in [5.74, 6) is 0. The fourth-order valence-electron chi connectivity index (χ4n) is 2.07. The highest BCUT2D eigenvalue weighted by Gasteiger charge is 2.04. The van der Waals surface area contributed by atoms with Crippen LogP contribution in [0.25, 0.3) is 5.57 Å². The maximum atomic E-state index is 4.36. The number of hydrogen-bond donors (Lipinski definition) is 0. The molecule has 0 atom stereocenters. The summed E-state index contributed by atoms with van der Waals surface area (Å²) in [5.41, 5.74) is 3.64. The summed E-state index contributed by atoms with van der Waals surface area (Å²) in [6.07, 6.45) is 1.82. The molecule has 0 aliphatic carbocycles. The van der Waals surface area contributed by atoms with Gasteiger partial charge in [-0.2, -0.15) is 0 Å². The van der Waals surface area contributed by atoms with E-state index in [1.165, 1.54) is 16.7 Å². The normalized spacial score (nSPS) is 10.1. The third-order valence-electron chi connectivity index (χ3n) is 3.10. The zero-order valence-corrected chi connectivity index (χ0v) is 12.3. The third-order valence-corrected chi connectivity index (χ3v) is 3.94. The van der Waals surface area contributed by atoms with Gasteiger partial charge in [0.2, 0.25) is 0 Å². The van der Waals surface area contributed by atoms with Crippen molar-refractivity contribution in [1.29, 1.82) is 0 Å². The number of aromatic nitrogens is 1. The molecule has 2 aromatic carbocycles. The average Bonchev–Trinajstić information content (AvgIpc) is 2.58. The SMILES string of the molecule is C(Sc1ccccn1)=C(c1ccccc1)c1ccccc1. The van der Waals surface area contributed by atoms with Gasteiger partial charge in [0.05, 0.1) is 0 Å². The largest absolute Gasteiger partial charge is 0.250 e. The van der Waals surface area contributed by atoms with E-state index in [0.717, 1.165) is 5.03 Å². The Labute approximate surface area is 129 Å². The highest BCUT2D eigenvalue weighted by Crippen LogP contribution is 2.28. The summed E-state index contributed by atoms with van der Waals surface area (Å²) >= 11 is 1.65. The Morgan fingerprint density at radius 2 is 1.29 bits per heavy atom. The predicted octanol–water partition coefficient (Wildman–Crippen LogP) is 5.26. The van der Waals surface area contributed by atoms with Crippen LogP contribution in [-0.4, -0.2) is 4.98 Å². The van der Waals surface area contributed by atoms with Crippen LogP contribution in [0.2, 0.25) is 0 Å². The molecule has 1 nitrogen and oxygen atoms in total. The molecule has 21 heavy (non-hydrogen) atoms. The van der Waals surface area contributed by atoms with Gasteiger partial charge >= 0.3 is 0 Å². The van der Waals surface area contributed by atoms with Crippen LogP contribution in [0.15, 0.2) is 95.5 Å². The first-order chi connectivity index (χ1) is 10.4. The molecule has 1 heterocycles. The molecule has 2 heteroatoms. The van der Waals surface area contributed by atoms with Gasteiger partial charge in [-0.05, 0) is 34.2 Å². The Morgan fingerprint density at radius 3 is 1.81 bits per heavy atom. The number of rotatable bonds is 4. The van der Waals surface area contributed by atoms with Gasteiger partial charge in [0.15, 0.2) is 0 Å². The van der Waals surface area contributed by atoms with Crippen molar-refractivity contribution in [3.8, 4) is 0 Å². The summed E-state index contributed by atoms with van der Waals surface area (Å²) in [5, 5.41) is 3.18. The summed E-state index contributed by atoms with van der Waals surface area (Å²) in [6, 6.07) is 26.9. The van der Waals surface area contributed by atoms with Crippen LogP contribution >= 0.6 is 11.8 Å². The Morgan fingerprint density at radius 1 is 0.714 bits per heavy atom. The molecule has 0 fully saturated rings. The van der Waals surface area contributed by atoms with Crippen LogP contribution < -0.4 is 0 Å². The van der Waals surface area contributed by atoms with Crippen molar-refractivity contribution < 1.29 is 0 Å². The van der Waals surface area contributed by atoms with E-state index in [0.29, 0.717) is 0 Å². The lowest BCUT2D eigenvalue weighted by atomic mass is 10.00. The molecule has 1 aromatic heterocycles. The van der Waals surface area contributed by atoms with E-state index in [9.17, 15) is 0 Å². The van der Waals surface area contributed by atoms with E-state index >= 15 is 0 Å². The van der Waals surface area contributed by atoms with Gasteiger partial charge in [-0.15, -0.1) is 0 Å². The summed E-state index contributed by atoms with van der Waals surface area (Å²) < 4.78 is 0. The molecule has 0 aliphatic rings. The minimum absolute atomic E-state index is 1.00. The monoisotopic (exact) mass is 289 g/mol. The average molecular weight is 289 g/mol. The molecule has 102 valence electrons. The van der Waals surface area contributed by atoms with Crippen LogP contribution in [0.3, 0.4) is 0 Å². The van der Waals surface area contributed by atoms with Crippen molar-refractivity contribution in [2.24, 2.45) is 0 Å². The van der Waals surface area contributed by atoms with Crippen molar-refractivity contribution >= 4 is 17.3 Å². The molecule has 0 saturated heterocycles. The minimum atomic E-state index is 1.00. The lowest BCUT2D eigenvalue weighted by Gasteiger charge is -2.08. The zero-order valence-electron chi connectivity index (χ0n) is 11.5. The number of nitrogens with zero attached hydrogens (tertiary/aromatic N) is 1. The van der Waals surface area contributed by atoms with Gasteiger partial charge in [0, 0.05) is 6.20 Å². The first-order valence-electron chi connectivity index (χ1n) is 6.82. The second kappa shape index (κ2) is 6.91. The van der Waals surface area contributed by atoms with Crippen LogP contribution in [-0.2, 0) is 0 Å². The zero-order chi connectivity index (χ0) is 14.3. The van der Waals surface area contributed by atoms with Crippen molar-refractivity contribution in [2.75, 3.05) is 0 Å². The van der Waals surface area contributed by atoms with Gasteiger partial charge in [-0.1, -0.05) is 78.5 Å². The molecule has 0 saturated carbocycles. The van der Waals surface area contributed by atoms with E-state index in [-0.39, 0.29) is 0 Å². The summed E-state index contributed by atoms with van der Waals surface area (Å²) in [7, 11) is 0. The van der Waals surface area contributed by atoms with Gasteiger partial charge in [-0.25, -0.2) is 4.98 Å². The number of pyridine rings is 1. The second-order valence-electron chi connectivity index (χ2n) is 4.55. The Balaban J connectivity index is 1.97. The molecule has 0 bridgehead atoms. The molecule has 0 unspecified atom stereocenters. The number of benzene rings is 2. The van der Waals surface area contributed by atoms with Crippen molar-refractivity contribution in [1.82, 2.24) is 4.98 Å². The standard InChI is InChI=1S/C19H15NS/c1-3-9-16(10-4-1)18(17-11-5-2-6-12-17)15-21-19-13-7-8-14-20-19/h1-15H. The predicted molar refractivity (Wildman–Crippen MR) is 90.1 cm³/mol. The molecule has 0 amide bonds. The van der Waals surface area contributed by atoms with Crippen LogP contribution in [0.1, 0.15) is 11.1 Å². The summed E-state index contributed by atoms with van der Waals surface area (Å²) in [6.45, 7) is 0.